The Morgan fingerprint density at radius 2 is 2.05 bits per heavy atom. The first-order valence-electron chi connectivity index (χ1n) is 6.52. The highest BCUT2D eigenvalue weighted by atomic mass is 16.3. The van der Waals surface area contributed by atoms with E-state index in [1.807, 2.05) is 0 Å². The molecule has 1 unspecified atom stereocenters. The van der Waals surface area contributed by atoms with Gasteiger partial charge in [-0.05, 0) is 19.8 Å². The van der Waals surface area contributed by atoms with Crippen molar-refractivity contribution in [3.05, 3.63) is 0 Å². The highest BCUT2D eigenvalue weighted by Gasteiger charge is 2.19. The molecule has 1 aliphatic heterocycles. The van der Waals surface area contributed by atoms with Crippen molar-refractivity contribution in [2.75, 3.05) is 26.2 Å². The van der Waals surface area contributed by atoms with Crippen molar-refractivity contribution in [2.45, 2.75) is 32.3 Å². The van der Waals surface area contributed by atoms with Crippen LogP contribution in [-0.4, -0.2) is 60.0 Å². The van der Waals surface area contributed by atoms with Gasteiger partial charge in [-0.25, -0.2) is 0 Å². The molecule has 1 rings (SSSR count). The molecule has 1 heterocycles. The summed E-state index contributed by atoms with van der Waals surface area (Å²) in [5, 5.41) is 13.7. The lowest BCUT2D eigenvalue weighted by Crippen LogP contribution is -2.43. The predicted octanol–water partition coefficient (Wildman–Crippen LogP) is -1.39. The maximum absolute atomic E-state index is 11.3. The minimum Gasteiger partial charge on any atom is -0.392 e. The fourth-order valence-corrected chi connectivity index (χ4v) is 1.81. The molecule has 0 saturated carbocycles. The van der Waals surface area contributed by atoms with Crippen LogP contribution in [0.2, 0.25) is 0 Å². The molecule has 1 atom stereocenters. The normalized spacial score (nSPS) is 16.3. The monoisotopic (exact) mass is 271 g/mol. The van der Waals surface area contributed by atoms with Crippen molar-refractivity contribution in [1.29, 1.82) is 0 Å². The lowest BCUT2D eigenvalue weighted by molar-refractivity contribution is -0.139. The van der Waals surface area contributed by atoms with E-state index in [0.29, 0.717) is 25.9 Å². The Labute approximate surface area is 112 Å². The standard InChI is InChI=1S/C12H21N3O4/c1-9(16)8-14-12(19)11(18)13-5-3-7-15-6-2-4-10(15)17/h9,16H,2-8H2,1H3,(H,13,18)(H,14,19). The number of carbonyl (C=O) groups excluding carboxylic acids is 3. The summed E-state index contributed by atoms with van der Waals surface area (Å²) in [5.41, 5.74) is 0. The third-order valence-electron chi connectivity index (χ3n) is 2.83. The summed E-state index contributed by atoms with van der Waals surface area (Å²) in [4.78, 5) is 35.7. The number of aliphatic hydroxyl groups is 1. The number of rotatable bonds is 6. The second-order valence-corrected chi connectivity index (χ2v) is 4.65. The van der Waals surface area contributed by atoms with Crippen molar-refractivity contribution in [2.24, 2.45) is 0 Å². The second-order valence-electron chi connectivity index (χ2n) is 4.65. The van der Waals surface area contributed by atoms with E-state index in [-0.39, 0.29) is 12.5 Å². The second kappa shape index (κ2) is 7.73. The fourth-order valence-electron chi connectivity index (χ4n) is 1.81. The summed E-state index contributed by atoms with van der Waals surface area (Å²) >= 11 is 0. The van der Waals surface area contributed by atoms with Crippen LogP contribution in [0.15, 0.2) is 0 Å². The number of carbonyl (C=O) groups is 3. The van der Waals surface area contributed by atoms with Gasteiger partial charge >= 0.3 is 11.8 Å². The minimum atomic E-state index is -0.752. The molecule has 0 aliphatic carbocycles. The molecule has 1 fully saturated rings. The number of amides is 3. The highest BCUT2D eigenvalue weighted by Crippen LogP contribution is 2.09. The molecule has 3 N–H and O–H groups in total. The van der Waals surface area contributed by atoms with Gasteiger partial charge in [-0.15, -0.1) is 0 Å². The fraction of sp³-hybridized carbons (Fsp3) is 0.750. The van der Waals surface area contributed by atoms with Gasteiger partial charge in [0, 0.05) is 32.6 Å². The Morgan fingerprint density at radius 3 is 2.63 bits per heavy atom. The number of hydrogen-bond donors (Lipinski definition) is 3. The summed E-state index contributed by atoms with van der Waals surface area (Å²) in [7, 11) is 0. The van der Waals surface area contributed by atoms with Crippen LogP contribution in [0.4, 0.5) is 0 Å². The molecule has 19 heavy (non-hydrogen) atoms. The van der Waals surface area contributed by atoms with Gasteiger partial charge in [-0.1, -0.05) is 0 Å². The van der Waals surface area contributed by atoms with Gasteiger partial charge in [-0.3, -0.25) is 14.4 Å². The molecule has 7 heteroatoms. The van der Waals surface area contributed by atoms with E-state index in [1.165, 1.54) is 6.92 Å². The van der Waals surface area contributed by atoms with Crippen LogP contribution in [0.25, 0.3) is 0 Å². The Bertz CT molecular complexity index is 344. The molecule has 1 aliphatic rings. The first-order chi connectivity index (χ1) is 9.00. The van der Waals surface area contributed by atoms with Gasteiger partial charge in [0.2, 0.25) is 5.91 Å². The van der Waals surface area contributed by atoms with Crippen molar-refractivity contribution in [3.63, 3.8) is 0 Å². The summed E-state index contributed by atoms with van der Waals surface area (Å²) in [5.74, 6) is -1.31. The zero-order valence-corrected chi connectivity index (χ0v) is 11.1. The van der Waals surface area contributed by atoms with Crippen LogP contribution in [-0.2, 0) is 14.4 Å². The number of aliphatic hydroxyl groups excluding tert-OH is 1. The Morgan fingerprint density at radius 1 is 1.37 bits per heavy atom. The quantitative estimate of drug-likeness (QED) is 0.409. The maximum atomic E-state index is 11.3. The maximum Gasteiger partial charge on any atom is 0.309 e. The SMILES string of the molecule is CC(O)CNC(=O)C(=O)NCCCN1CCCC1=O. The average molecular weight is 271 g/mol. The van der Waals surface area contributed by atoms with Crippen LogP contribution >= 0.6 is 0 Å². The molecule has 0 radical (unpaired) electrons. The Hall–Kier alpha value is -1.63. The van der Waals surface area contributed by atoms with Crippen molar-refractivity contribution < 1.29 is 19.5 Å². The smallest absolute Gasteiger partial charge is 0.309 e. The van der Waals surface area contributed by atoms with Crippen molar-refractivity contribution >= 4 is 17.7 Å². The zero-order chi connectivity index (χ0) is 14.3. The van der Waals surface area contributed by atoms with Gasteiger partial charge in [0.05, 0.1) is 6.10 Å². The lowest BCUT2D eigenvalue weighted by atomic mass is 10.3. The number of nitrogens with zero attached hydrogens (tertiary/aromatic N) is 1. The Balaban J connectivity index is 2.09. The van der Waals surface area contributed by atoms with E-state index >= 15 is 0 Å². The molecule has 108 valence electrons. The molecule has 0 aromatic heterocycles. The van der Waals surface area contributed by atoms with Gasteiger partial charge < -0.3 is 20.6 Å². The zero-order valence-electron chi connectivity index (χ0n) is 11.1. The van der Waals surface area contributed by atoms with E-state index in [9.17, 15) is 14.4 Å². The summed E-state index contributed by atoms with van der Waals surface area (Å²) in [6, 6.07) is 0. The van der Waals surface area contributed by atoms with Gasteiger partial charge in [0.1, 0.15) is 0 Å². The first kappa shape index (κ1) is 15.4. The van der Waals surface area contributed by atoms with E-state index < -0.39 is 17.9 Å². The summed E-state index contributed by atoms with van der Waals surface area (Å²) in [6.45, 7) is 3.31. The molecule has 3 amide bonds. The summed E-state index contributed by atoms with van der Waals surface area (Å²) < 4.78 is 0. The molecule has 7 nitrogen and oxygen atoms in total. The summed E-state index contributed by atoms with van der Waals surface area (Å²) in [6.07, 6.45) is 1.44. The molecule has 0 bridgehead atoms. The van der Waals surface area contributed by atoms with Gasteiger partial charge in [-0.2, -0.15) is 0 Å². The van der Waals surface area contributed by atoms with Crippen molar-refractivity contribution in [3.8, 4) is 0 Å². The van der Waals surface area contributed by atoms with E-state index in [2.05, 4.69) is 10.6 Å². The van der Waals surface area contributed by atoms with E-state index in [1.54, 1.807) is 4.90 Å². The van der Waals surface area contributed by atoms with Crippen LogP contribution in [0.3, 0.4) is 0 Å². The number of nitrogens with one attached hydrogen (secondary N) is 2. The molecule has 0 aromatic carbocycles. The number of hydrogen-bond acceptors (Lipinski definition) is 4. The topological polar surface area (TPSA) is 98.7 Å². The Kier molecular flexibility index (Phi) is 6.27. The minimum absolute atomic E-state index is 0.0501. The molecule has 0 aromatic rings. The van der Waals surface area contributed by atoms with Crippen LogP contribution in [0, 0.1) is 0 Å². The van der Waals surface area contributed by atoms with Gasteiger partial charge in [0.15, 0.2) is 0 Å². The number of likely N-dealkylation sites (tertiary alicyclic amines) is 1. The first-order valence-corrected chi connectivity index (χ1v) is 6.52. The van der Waals surface area contributed by atoms with Crippen LogP contribution < -0.4 is 10.6 Å². The van der Waals surface area contributed by atoms with E-state index in [0.717, 1.165) is 13.0 Å². The third-order valence-corrected chi connectivity index (χ3v) is 2.83. The van der Waals surface area contributed by atoms with Crippen LogP contribution in [0.1, 0.15) is 26.2 Å². The molecular weight excluding hydrogens is 250 g/mol. The molecule has 1 saturated heterocycles. The highest BCUT2D eigenvalue weighted by molar-refractivity contribution is 6.35. The average Bonchev–Trinajstić information content (AvgIpc) is 2.77. The van der Waals surface area contributed by atoms with Crippen LogP contribution in [0.5, 0.6) is 0 Å². The molecular formula is C12H21N3O4. The lowest BCUT2D eigenvalue weighted by Gasteiger charge is -2.15. The van der Waals surface area contributed by atoms with Gasteiger partial charge in [0.25, 0.3) is 0 Å². The predicted molar refractivity (Wildman–Crippen MR) is 68.1 cm³/mol. The van der Waals surface area contributed by atoms with E-state index in [4.69, 9.17) is 5.11 Å². The molecule has 0 spiro atoms. The largest absolute Gasteiger partial charge is 0.392 e. The van der Waals surface area contributed by atoms with Crippen molar-refractivity contribution in [1.82, 2.24) is 15.5 Å². The third kappa shape index (κ3) is 5.69.